The van der Waals surface area contributed by atoms with Crippen LogP contribution in [0.2, 0.25) is 0 Å². The third-order valence-electron chi connectivity index (χ3n) is 1.80. The van der Waals surface area contributed by atoms with E-state index in [1.807, 2.05) is 12.1 Å². The predicted molar refractivity (Wildman–Crippen MR) is 70.6 cm³/mol. The van der Waals surface area contributed by atoms with Crippen LogP contribution in [0, 0.1) is 11.8 Å². The molecule has 0 unspecified atom stereocenters. The zero-order valence-corrected chi connectivity index (χ0v) is 10.6. The zero-order chi connectivity index (χ0) is 12.5. The highest BCUT2D eigenvalue weighted by molar-refractivity contribution is 9.09. The average Bonchev–Trinajstić information content (AvgIpc) is 2.32. The number of hydrogen-bond donors (Lipinski definition) is 2. The van der Waals surface area contributed by atoms with Gasteiger partial charge in [0.2, 0.25) is 0 Å². The molecule has 0 spiro atoms. The summed E-state index contributed by atoms with van der Waals surface area (Å²) in [5, 5.41) is 14.3. The van der Waals surface area contributed by atoms with Gasteiger partial charge in [-0.1, -0.05) is 45.1 Å². The van der Waals surface area contributed by atoms with Gasteiger partial charge in [0.15, 0.2) is 0 Å². The number of para-hydroxylation sites is 1. The molecule has 0 heterocycles. The quantitative estimate of drug-likeness (QED) is 0.295. The SMILES string of the molecule is O=C(C=NO)Nc1ccccc1C#CCCBr. The third kappa shape index (κ3) is 4.70. The van der Waals surface area contributed by atoms with Crippen molar-refractivity contribution in [3.63, 3.8) is 0 Å². The predicted octanol–water partition coefficient (Wildman–Crippen LogP) is 2.22. The Kier molecular flexibility index (Phi) is 5.83. The van der Waals surface area contributed by atoms with E-state index in [1.54, 1.807) is 12.1 Å². The monoisotopic (exact) mass is 294 g/mol. The van der Waals surface area contributed by atoms with Crippen molar-refractivity contribution in [2.45, 2.75) is 6.42 Å². The Morgan fingerprint density at radius 1 is 1.53 bits per heavy atom. The molecule has 5 heteroatoms. The van der Waals surface area contributed by atoms with Gasteiger partial charge in [-0.25, -0.2) is 0 Å². The van der Waals surface area contributed by atoms with Crippen LogP contribution in [0.3, 0.4) is 0 Å². The summed E-state index contributed by atoms with van der Waals surface area (Å²) in [6.45, 7) is 0. The fourth-order valence-electron chi connectivity index (χ4n) is 1.12. The lowest BCUT2D eigenvalue weighted by molar-refractivity contribution is -0.110. The van der Waals surface area contributed by atoms with Gasteiger partial charge in [0, 0.05) is 17.3 Å². The highest BCUT2D eigenvalue weighted by Crippen LogP contribution is 2.13. The molecule has 1 amide bonds. The topological polar surface area (TPSA) is 61.7 Å². The van der Waals surface area contributed by atoms with Crippen LogP contribution in [0.15, 0.2) is 29.4 Å². The summed E-state index contributed by atoms with van der Waals surface area (Å²) in [6, 6.07) is 7.18. The number of halogens is 1. The molecule has 0 aliphatic rings. The molecule has 1 aromatic carbocycles. The number of alkyl halides is 1. The molecule has 0 bridgehead atoms. The van der Waals surface area contributed by atoms with Crippen molar-refractivity contribution in [2.75, 3.05) is 10.6 Å². The summed E-state index contributed by atoms with van der Waals surface area (Å²) in [6.07, 6.45) is 1.53. The molecule has 0 aliphatic carbocycles. The van der Waals surface area contributed by atoms with E-state index in [4.69, 9.17) is 5.21 Å². The molecule has 4 nitrogen and oxygen atoms in total. The third-order valence-corrected chi connectivity index (χ3v) is 2.20. The Bertz CT molecular complexity index is 475. The number of oxime groups is 1. The van der Waals surface area contributed by atoms with Crippen molar-refractivity contribution < 1.29 is 10.0 Å². The van der Waals surface area contributed by atoms with Gasteiger partial charge in [0.25, 0.3) is 5.91 Å². The van der Waals surface area contributed by atoms with Gasteiger partial charge in [-0.2, -0.15) is 0 Å². The van der Waals surface area contributed by atoms with Crippen molar-refractivity contribution in [1.29, 1.82) is 0 Å². The zero-order valence-electron chi connectivity index (χ0n) is 8.98. The summed E-state index contributed by atoms with van der Waals surface area (Å²) >= 11 is 3.28. The van der Waals surface area contributed by atoms with E-state index in [-0.39, 0.29) is 0 Å². The first kappa shape index (κ1) is 13.3. The van der Waals surface area contributed by atoms with E-state index in [2.05, 4.69) is 38.2 Å². The molecular formula is C12H11BrN2O2. The molecular weight excluding hydrogens is 284 g/mol. The molecule has 0 atom stereocenters. The highest BCUT2D eigenvalue weighted by atomic mass is 79.9. The lowest BCUT2D eigenvalue weighted by atomic mass is 10.2. The summed E-state index contributed by atoms with van der Waals surface area (Å²) in [5.74, 6) is 5.43. The maximum atomic E-state index is 11.2. The van der Waals surface area contributed by atoms with Crippen LogP contribution in [0.25, 0.3) is 0 Å². The van der Waals surface area contributed by atoms with Gasteiger partial charge in [-0.15, -0.1) is 0 Å². The Morgan fingerprint density at radius 2 is 2.29 bits per heavy atom. The smallest absolute Gasteiger partial charge is 0.270 e. The lowest BCUT2D eigenvalue weighted by Gasteiger charge is -2.03. The van der Waals surface area contributed by atoms with E-state index < -0.39 is 5.91 Å². The van der Waals surface area contributed by atoms with E-state index >= 15 is 0 Å². The minimum absolute atomic E-state index is 0.498. The van der Waals surface area contributed by atoms with Crippen molar-refractivity contribution in [3.05, 3.63) is 29.8 Å². The van der Waals surface area contributed by atoms with Gasteiger partial charge in [0.1, 0.15) is 6.21 Å². The Hall–Kier alpha value is -1.80. The normalized spacial score (nSPS) is 9.71. The average molecular weight is 295 g/mol. The molecule has 0 saturated heterocycles. The molecule has 0 fully saturated rings. The van der Waals surface area contributed by atoms with E-state index in [9.17, 15) is 4.79 Å². The minimum Gasteiger partial charge on any atom is -0.411 e. The minimum atomic E-state index is -0.498. The van der Waals surface area contributed by atoms with Crippen molar-refractivity contribution in [1.82, 2.24) is 0 Å². The van der Waals surface area contributed by atoms with Crippen LogP contribution in [-0.4, -0.2) is 22.7 Å². The van der Waals surface area contributed by atoms with Gasteiger partial charge >= 0.3 is 0 Å². The molecule has 0 aliphatic heterocycles. The largest absolute Gasteiger partial charge is 0.411 e. The van der Waals surface area contributed by atoms with Crippen LogP contribution < -0.4 is 5.32 Å². The number of amides is 1. The molecule has 1 aromatic rings. The van der Waals surface area contributed by atoms with Gasteiger partial charge in [-0.3, -0.25) is 4.79 Å². The summed E-state index contributed by atoms with van der Waals surface area (Å²) in [4.78, 5) is 11.2. The Balaban J connectivity index is 2.85. The van der Waals surface area contributed by atoms with Crippen molar-refractivity contribution in [2.24, 2.45) is 5.16 Å². The van der Waals surface area contributed by atoms with Gasteiger partial charge in [0.05, 0.1) is 5.69 Å². The lowest BCUT2D eigenvalue weighted by Crippen LogP contribution is -2.13. The molecule has 2 N–H and O–H groups in total. The first-order chi connectivity index (χ1) is 8.27. The second-order valence-corrected chi connectivity index (χ2v) is 3.81. The fraction of sp³-hybridized carbons (Fsp3) is 0.167. The maximum absolute atomic E-state index is 11.2. The van der Waals surface area contributed by atoms with Crippen LogP contribution in [-0.2, 0) is 4.79 Å². The van der Waals surface area contributed by atoms with Crippen LogP contribution in [0.4, 0.5) is 5.69 Å². The Labute approximate surface area is 108 Å². The number of nitrogens with zero attached hydrogens (tertiary/aromatic N) is 1. The second-order valence-electron chi connectivity index (χ2n) is 3.02. The van der Waals surface area contributed by atoms with E-state index in [0.717, 1.165) is 23.5 Å². The number of nitrogens with one attached hydrogen (secondary N) is 1. The molecule has 0 aromatic heterocycles. The number of benzene rings is 1. The molecule has 0 saturated carbocycles. The first-order valence-electron chi connectivity index (χ1n) is 4.90. The van der Waals surface area contributed by atoms with E-state index in [1.165, 1.54) is 0 Å². The second kappa shape index (κ2) is 7.47. The molecule has 1 rings (SSSR count). The highest BCUT2D eigenvalue weighted by Gasteiger charge is 2.02. The molecule has 0 radical (unpaired) electrons. The number of carbonyl (C=O) groups is 1. The Morgan fingerprint density at radius 3 is 3.00 bits per heavy atom. The molecule has 17 heavy (non-hydrogen) atoms. The van der Waals surface area contributed by atoms with Crippen LogP contribution in [0.5, 0.6) is 0 Å². The summed E-state index contributed by atoms with van der Waals surface area (Å²) in [5.41, 5.74) is 1.33. The van der Waals surface area contributed by atoms with Gasteiger partial charge < -0.3 is 10.5 Å². The van der Waals surface area contributed by atoms with Crippen LogP contribution >= 0.6 is 15.9 Å². The van der Waals surface area contributed by atoms with Gasteiger partial charge in [-0.05, 0) is 12.1 Å². The summed E-state index contributed by atoms with van der Waals surface area (Å²) in [7, 11) is 0. The van der Waals surface area contributed by atoms with Crippen LogP contribution in [0.1, 0.15) is 12.0 Å². The standard InChI is InChI=1S/C12H11BrN2O2/c13-8-4-3-6-10-5-1-2-7-11(10)15-12(16)9-14-17/h1-2,5,7,9,17H,4,8H2,(H,15,16). The number of carbonyl (C=O) groups excluding carboxylic acids is 1. The molecule has 88 valence electrons. The number of hydrogen-bond acceptors (Lipinski definition) is 3. The first-order valence-corrected chi connectivity index (χ1v) is 6.02. The van der Waals surface area contributed by atoms with Crippen molar-refractivity contribution in [3.8, 4) is 11.8 Å². The summed E-state index contributed by atoms with van der Waals surface area (Å²) < 4.78 is 0. The number of rotatable bonds is 3. The van der Waals surface area contributed by atoms with E-state index in [0.29, 0.717) is 5.69 Å². The number of anilines is 1. The fourth-order valence-corrected chi connectivity index (χ4v) is 1.32. The van der Waals surface area contributed by atoms with Crippen molar-refractivity contribution >= 4 is 33.7 Å². The maximum Gasteiger partial charge on any atom is 0.270 e.